The zero-order chi connectivity index (χ0) is 16.6. The summed E-state index contributed by atoms with van der Waals surface area (Å²) in [6.07, 6.45) is 3.60. The van der Waals surface area contributed by atoms with E-state index in [2.05, 4.69) is 39.9 Å². The van der Waals surface area contributed by atoms with Gasteiger partial charge in [0.1, 0.15) is 0 Å². The van der Waals surface area contributed by atoms with Crippen LogP contribution in [-0.4, -0.2) is 10.1 Å². The molecular formula is C20H19N3S. The Bertz CT molecular complexity index is 721. The van der Waals surface area contributed by atoms with E-state index in [4.69, 9.17) is 12.2 Å². The highest BCUT2D eigenvalue weighted by atomic mass is 32.1. The summed E-state index contributed by atoms with van der Waals surface area (Å²) in [6, 6.07) is 24.5. The first-order valence-electron chi connectivity index (χ1n) is 7.86. The van der Waals surface area contributed by atoms with Crippen LogP contribution in [0.2, 0.25) is 0 Å². The molecule has 3 rings (SSSR count). The molecule has 4 heteroatoms. The second-order valence-electron chi connectivity index (χ2n) is 5.44. The molecule has 3 aromatic rings. The molecule has 0 amide bonds. The predicted molar refractivity (Wildman–Crippen MR) is 102 cm³/mol. The van der Waals surface area contributed by atoms with E-state index in [0.717, 1.165) is 11.1 Å². The Labute approximate surface area is 147 Å². The van der Waals surface area contributed by atoms with Gasteiger partial charge in [0, 0.05) is 18.9 Å². The van der Waals surface area contributed by atoms with E-state index in [-0.39, 0.29) is 6.04 Å². The smallest absolute Gasteiger partial charge is 0.167 e. The van der Waals surface area contributed by atoms with Gasteiger partial charge in [0.25, 0.3) is 0 Å². The number of thiocarbonyl (C=S) groups is 1. The van der Waals surface area contributed by atoms with Gasteiger partial charge in [0.05, 0.1) is 6.04 Å². The van der Waals surface area contributed by atoms with Gasteiger partial charge < -0.3 is 10.6 Å². The van der Waals surface area contributed by atoms with Crippen molar-refractivity contribution in [1.29, 1.82) is 0 Å². The first-order chi connectivity index (χ1) is 11.8. The van der Waals surface area contributed by atoms with Gasteiger partial charge in [-0.2, -0.15) is 0 Å². The maximum atomic E-state index is 5.49. The Balaban J connectivity index is 1.71. The van der Waals surface area contributed by atoms with E-state index in [1.807, 2.05) is 48.5 Å². The monoisotopic (exact) mass is 333 g/mol. The maximum Gasteiger partial charge on any atom is 0.167 e. The molecule has 1 aromatic heterocycles. The molecule has 0 radical (unpaired) electrons. The van der Waals surface area contributed by atoms with Crippen LogP contribution in [0.25, 0.3) is 0 Å². The van der Waals surface area contributed by atoms with Crippen LogP contribution in [0, 0.1) is 0 Å². The van der Waals surface area contributed by atoms with Crippen molar-refractivity contribution >= 4 is 17.3 Å². The van der Waals surface area contributed by atoms with E-state index in [9.17, 15) is 0 Å². The predicted octanol–water partition coefficient (Wildman–Crippen LogP) is 3.84. The fraction of sp³-hybridized carbons (Fsp3) is 0.100. The van der Waals surface area contributed by atoms with Gasteiger partial charge in [-0.1, -0.05) is 60.7 Å². The van der Waals surface area contributed by atoms with E-state index < -0.39 is 0 Å². The molecule has 2 N–H and O–H groups in total. The fourth-order valence-corrected chi connectivity index (χ4v) is 2.71. The van der Waals surface area contributed by atoms with Gasteiger partial charge >= 0.3 is 0 Å². The number of aromatic nitrogens is 1. The molecule has 0 saturated carbocycles. The van der Waals surface area contributed by atoms with Crippen molar-refractivity contribution in [2.75, 3.05) is 0 Å². The number of benzene rings is 2. The molecular weight excluding hydrogens is 314 g/mol. The Morgan fingerprint density at radius 2 is 1.42 bits per heavy atom. The van der Waals surface area contributed by atoms with Crippen molar-refractivity contribution in [3.8, 4) is 0 Å². The van der Waals surface area contributed by atoms with Crippen LogP contribution in [0.4, 0.5) is 0 Å². The van der Waals surface area contributed by atoms with E-state index in [1.54, 1.807) is 12.4 Å². The normalized spacial score (nSPS) is 11.5. The van der Waals surface area contributed by atoms with Crippen LogP contribution in [0.15, 0.2) is 85.2 Å². The van der Waals surface area contributed by atoms with Crippen molar-refractivity contribution in [1.82, 2.24) is 15.6 Å². The summed E-state index contributed by atoms with van der Waals surface area (Å²) in [5.41, 5.74) is 3.48. The van der Waals surface area contributed by atoms with Crippen molar-refractivity contribution in [2.45, 2.75) is 12.6 Å². The molecule has 0 aliphatic carbocycles. The van der Waals surface area contributed by atoms with Crippen molar-refractivity contribution in [3.63, 3.8) is 0 Å². The van der Waals surface area contributed by atoms with Crippen LogP contribution in [0.1, 0.15) is 22.7 Å². The second-order valence-corrected chi connectivity index (χ2v) is 5.85. The highest BCUT2D eigenvalue weighted by Gasteiger charge is 2.14. The highest BCUT2D eigenvalue weighted by molar-refractivity contribution is 7.80. The zero-order valence-corrected chi connectivity index (χ0v) is 14.0. The topological polar surface area (TPSA) is 37.0 Å². The minimum Gasteiger partial charge on any atom is -0.359 e. The number of hydrogen-bond donors (Lipinski definition) is 2. The van der Waals surface area contributed by atoms with Gasteiger partial charge in [-0.15, -0.1) is 0 Å². The first-order valence-corrected chi connectivity index (χ1v) is 8.27. The summed E-state index contributed by atoms with van der Waals surface area (Å²) in [6.45, 7) is 0.699. The van der Waals surface area contributed by atoms with Gasteiger partial charge in [-0.25, -0.2) is 0 Å². The van der Waals surface area contributed by atoms with E-state index in [1.165, 1.54) is 5.56 Å². The fourth-order valence-electron chi connectivity index (χ4n) is 2.52. The number of nitrogens with zero attached hydrogens (tertiary/aromatic N) is 1. The van der Waals surface area contributed by atoms with Crippen molar-refractivity contribution in [3.05, 3.63) is 102 Å². The van der Waals surface area contributed by atoms with Crippen LogP contribution in [-0.2, 0) is 6.54 Å². The molecule has 2 aromatic carbocycles. The van der Waals surface area contributed by atoms with Gasteiger partial charge in [0.2, 0.25) is 0 Å². The molecule has 24 heavy (non-hydrogen) atoms. The molecule has 0 saturated heterocycles. The third-order valence-corrected chi connectivity index (χ3v) is 4.01. The summed E-state index contributed by atoms with van der Waals surface area (Å²) in [4.78, 5) is 4.10. The quantitative estimate of drug-likeness (QED) is 0.696. The molecule has 0 unspecified atom stereocenters. The lowest BCUT2D eigenvalue weighted by atomic mass is 10.00. The van der Waals surface area contributed by atoms with Crippen LogP contribution < -0.4 is 10.6 Å². The standard InChI is InChI=1S/C20H19N3S/c24-20(22-15-16-7-3-1-4-8-16)23-19(17-9-5-2-6-10-17)18-11-13-21-14-12-18/h1-14,19H,15H2,(H2,22,23,24)/t19-/m1/s1. The molecule has 0 aliphatic heterocycles. The third-order valence-electron chi connectivity index (χ3n) is 3.74. The number of hydrogen-bond acceptors (Lipinski definition) is 2. The van der Waals surface area contributed by atoms with Crippen molar-refractivity contribution < 1.29 is 0 Å². The molecule has 0 bridgehead atoms. The summed E-state index contributed by atoms with van der Waals surface area (Å²) >= 11 is 5.49. The van der Waals surface area contributed by atoms with Gasteiger partial charge in [-0.05, 0) is 41.0 Å². The van der Waals surface area contributed by atoms with Crippen LogP contribution in [0.5, 0.6) is 0 Å². The average Bonchev–Trinajstić information content (AvgIpc) is 2.67. The zero-order valence-electron chi connectivity index (χ0n) is 13.2. The first kappa shape index (κ1) is 16.1. The number of nitrogens with one attached hydrogen (secondary N) is 2. The summed E-state index contributed by atoms with van der Waals surface area (Å²) in [5, 5.41) is 7.32. The van der Waals surface area contributed by atoms with Gasteiger partial charge in [-0.3, -0.25) is 4.98 Å². The average molecular weight is 333 g/mol. The third kappa shape index (κ3) is 4.40. The Morgan fingerprint density at radius 1 is 0.833 bits per heavy atom. The molecule has 3 nitrogen and oxygen atoms in total. The van der Waals surface area contributed by atoms with E-state index in [0.29, 0.717) is 11.7 Å². The van der Waals surface area contributed by atoms with E-state index >= 15 is 0 Å². The molecule has 1 heterocycles. The summed E-state index contributed by atoms with van der Waals surface area (Å²) in [5.74, 6) is 0. The highest BCUT2D eigenvalue weighted by Crippen LogP contribution is 2.21. The lowest BCUT2D eigenvalue weighted by molar-refractivity contribution is 0.734. The SMILES string of the molecule is S=C(NCc1ccccc1)N[C@H](c1ccccc1)c1ccncc1. The molecule has 120 valence electrons. The molecule has 0 aliphatic rings. The maximum absolute atomic E-state index is 5.49. The molecule has 0 spiro atoms. The minimum atomic E-state index is -0.00928. The summed E-state index contributed by atoms with van der Waals surface area (Å²) < 4.78 is 0. The van der Waals surface area contributed by atoms with Gasteiger partial charge in [0.15, 0.2) is 5.11 Å². The number of pyridine rings is 1. The Kier molecular flexibility index (Phi) is 5.53. The van der Waals surface area contributed by atoms with Crippen LogP contribution >= 0.6 is 12.2 Å². The second kappa shape index (κ2) is 8.22. The minimum absolute atomic E-state index is 0.00928. The van der Waals surface area contributed by atoms with Crippen molar-refractivity contribution in [2.24, 2.45) is 0 Å². The van der Waals surface area contributed by atoms with Crippen LogP contribution in [0.3, 0.4) is 0 Å². The largest absolute Gasteiger partial charge is 0.359 e. The Hall–Kier alpha value is -2.72. The lowest BCUT2D eigenvalue weighted by Crippen LogP contribution is -2.37. The lowest BCUT2D eigenvalue weighted by Gasteiger charge is -2.22. The molecule has 0 fully saturated rings. The summed E-state index contributed by atoms with van der Waals surface area (Å²) in [7, 11) is 0. The molecule has 1 atom stereocenters. The Morgan fingerprint density at radius 3 is 2.08 bits per heavy atom. The number of rotatable bonds is 5.